The molecule has 0 unspecified atom stereocenters. The molecule has 0 N–H and O–H groups in total. The van der Waals surface area contributed by atoms with E-state index in [0.29, 0.717) is 11.8 Å². The minimum atomic E-state index is 0.474. The number of rotatable bonds is 2. The van der Waals surface area contributed by atoms with Crippen molar-refractivity contribution < 1.29 is 4.52 Å². The molecule has 0 amide bonds. The van der Waals surface area contributed by atoms with Crippen LogP contribution in [0.2, 0.25) is 0 Å². The van der Waals surface area contributed by atoms with Gasteiger partial charge in [-0.2, -0.15) is 4.98 Å². The standard InChI is InChI=1S/C18H20N4O/c1-12-7-3-4-9-14(12)16-15-17(19-11-20-18(15)23-21-16)22-10-6-5-8-13(22)2/h3-4,7,9,11,13H,5-6,8,10H2,1-2H3/t13-/m1/s1. The van der Waals surface area contributed by atoms with E-state index >= 15 is 0 Å². The Balaban J connectivity index is 1.92. The highest BCUT2D eigenvalue weighted by molar-refractivity contribution is 5.98. The predicted octanol–water partition coefficient (Wildman–Crippen LogP) is 3.97. The summed E-state index contributed by atoms with van der Waals surface area (Å²) in [5, 5.41) is 5.23. The molecule has 0 saturated carbocycles. The van der Waals surface area contributed by atoms with Gasteiger partial charge >= 0.3 is 0 Å². The second-order valence-corrected chi connectivity index (χ2v) is 6.26. The summed E-state index contributed by atoms with van der Waals surface area (Å²) in [6.45, 7) is 5.36. The topological polar surface area (TPSA) is 55.1 Å². The minimum Gasteiger partial charge on any atom is -0.353 e. The zero-order chi connectivity index (χ0) is 15.8. The van der Waals surface area contributed by atoms with E-state index in [2.05, 4.69) is 46.0 Å². The van der Waals surface area contributed by atoms with Crippen molar-refractivity contribution in [2.45, 2.75) is 39.2 Å². The fraction of sp³-hybridized carbons (Fsp3) is 0.389. The maximum Gasteiger partial charge on any atom is 0.263 e. The molecule has 0 radical (unpaired) electrons. The van der Waals surface area contributed by atoms with Gasteiger partial charge < -0.3 is 9.42 Å². The predicted molar refractivity (Wildman–Crippen MR) is 90.4 cm³/mol. The molecule has 1 atom stereocenters. The largest absolute Gasteiger partial charge is 0.353 e. The van der Waals surface area contributed by atoms with Crippen LogP contribution < -0.4 is 4.90 Å². The summed E-state index contributed by atoms with van der Waals surface area (Å²) in [7, 11) is 0. The average molecular weight is 308 g/mol. The fourth-order valence-electron chi connectivity index (χ4n) is 3.42. The van der Waals surface area contributed by atoms with Gasteiger partial charge in [0.1, 0.15) is 23.2 Å². The number of hydrogen-bond donors (Lipinski definition) is 0. The monoisotopic (exact) mass is 308 g/mol. The van der Waals surface area contributed by atoms with Gasteiger partial charge in [-0.25, -0.2) is 4.98 Å². The van der Waals surface area contributed by atoms with Gasteiger partial charge in [-0.3, -0.25) is 0 Å². The van der Waals surface area contributed by atoms with Gasteiger partial charge in [0.15, 0.2) is 0 Å². The lowest BCUT2D eigenvalue weighted by Gasteiger charge is -2.34. The number of aromatic nitrogens is 3. The van der Waals surface area contributed by atoms with Gasteiger partial charge in [0.25, 0.3) is 5.71 Å². The van der Waals surface area contributed by atoms with Crippen LogP contribution in [0.3, 0.4) is 0 Å². The number of benzene rings is 1. The van der Waals surface area contributed by atoms with E-state index in [-0.39, 0.29) is 0 Å². The first kappa shape index (κ1) is 14.2. The fourth-order valence-corrected chi connectivity index (χ4v) is 3.42. The Morgan fingerprint density at radius 1 is 1.17 bits per heavy atom. The first-order chi connectivity index (χ1) is 11.3. The summed E-state index contributed by atoms with van der Waals surface area (Å²) in [5.74, 6) is 0.946. The Kier molecular flexibility index (Phi) is 3.48. The molecule has 3 aromatic rings. The molecular formula is C18H20N4O. The lowest BCUT2D eigenvalue weighted by atomic mass is 10.0. The normalized spacial score (nSPS) is 18.5. The highest BCUT2D eigenvalue weighted by Gasteiger charge is 2.25. The molecule has 1 saturated heterocycles. The maximum atomic E-state index is 5.50. The van der Waals surface area contributed by atoms with Gasteiger partial charge in [-0.15, -0.1) is 0 Å². The van der Waals surface area contributed by atoms with Crippen molar-refractivity contribution >= 4 is 16.9 Å². The summed E-state index contributed by atoms with van der Waals surface area (Å²) >= 11 is 0. The Labute approximate surface area is 135 Å². The summed E-state index contributed by atoms with van der Waals surface area (Å²) in [4.78, 5) is 11.2. The Morgan fingerprint density at radius 2 is 2.04 bits per heavy atom. The van der Waals surface area contributed by atoms with Crippen molar-refractivity contribution in [3.63, 3.8) is 0 Å². The van der Waals surface area contributed by atoms with E-state index in [4.69, 9.17) is 4.52 Å². The summed E-state index contributed by atoms with van der Waals surface area (Å²) in [6, 6.07) is 8.69. The van der Waals surface area contributed by atoms with Gasteiger partial charge in [-0.05, 0) is 38.7 Å². The van der Waals surface area contributed by atoms with Crippen LogP contribution in [0.5, 0.6) is 0 Å². The van der Waals surface area contributed by atoms with Crippen LogP contribution in [-0.2, 0) is 0 Å². The second-order valence-electron chi connectivity index (χ2n) is 6.26. The van der Waals surface area contributed by atoms with Crippen LogP contribution in [0.1, 0.15) is 31.7 Å². The average Bonchev–Trinajstić information content (AvgIpc) is 3.00. The zero-order valence-corrected chi connectivity index (χ0v) is 13.5. The quantitative estimate of drug-likeness (QED) is 0.717. The maximum absolute atomic E-state index is 5.50. The van der Waals surface area contributed by atoms with E-state index in [9.17, 15) is 0 Å². The van der Waals surface area contributed by atoms with Crippen LogP contribution in [0.4, 0.5) is 5.82 Å². The summed E-state index contributed by atoms with van der Waals surface area (Å²) < 4.78 is 5.50. The van der Waals surface area contributed by atoms with E-state index < -0.39 is 0 Å². The van der Waals surface area contributed by atoms with Crippen molar-refractivity contribution in [1.29, 1.82) is 0 Å². The van der Waals surface area contributed by atoms with Gasteiger partial charge in [0, 0.05) is 18.2 Å². The summed E-state index contributed by atoms with van der Waals surface area (Å²) in [5.41, 5.74) is 3.65. The number of fused-ring (bicyclic) bond motifs is 1. The first-order valence-electron chi connectivity index (χ1n) is 8.18. The van der Waals surface area contributed by atoms with Crippen molar-refractivity contribution in [3.8, 4) is 11.3 Å². The Bertz CT molecular complexity index is 842. The highest BCUT2D eigenvalue weighted by atomic mass is 16.5. The van der Waals surface area contributed by atoms with Crippen molar-refractivity contribution in [3.05, 3.63) is 36.2 Å². The first-order valence-corrected chi connectivity index (χ1v) is 8.18. The molecule has 3 heterocycles. The number of hydrogen-bond acceptors (Lipinski definition) is 5. The summed E-state index contributed by atoms with van der Waals surface area (Å²) in [6.07, 6.45) is 5.24. The SMILES string of the molecule is Cc1ccccc1-c1noc2ncnc(N3CCCC[C@H]3C)c12. The highest BCUT2D eigenvalue weighted by Crippen LogP contribution is 2.36. The van der Waals surface area contributed by atoms with Crippen LogP contribution >= 0.6 is 0 Å². The number of anilines is 1. The Morgan fingerprint density at radius 3 is 2.87 bits per heavy atom. The van der Waals surface area contributed by atoms with Gasteiger partial charge in [-0.1, -0.05) is 29.4 Å². The molecule has 2 aromatic heterocycles. The van der Waals surface area contributed by atoms with E-state index in [1.54, 1.807) is 6.33 Å². The number of nitrogens with zero attached hydrogens (tertiary/aromatic N) is 4. The molecule has 23 heavy (non-hydrogen) atoms. The van der Waals surface area contributed by atoms with Crippen molar-refractivity contribution in [1.82, 2.24) is 15.1 Å². The molecule has 0 aliphatic carbocycles. The van der Waals surface area contributed by atoms with Crippen LogP contribution in [0.15, 0.2) is 35.1 Å². The second kappa shape index (κ2) is 5.65. The molecule has 1 aromatic carbocycles. The number of piperidine rings is 1. The lowest BCUT2D eigenvalue weighted by molar-refractivity contribution is 0.451. The van der Waals surface area contributed by atoms with Crippen LogP contribution in [0, 0.1) is 6.92 Å². The molecular weight excluding hydrogens is 288 g/mol. The van der Waals surface area contributed by atoms with Crippen molar-refractivity contribution in [2.24, 2.45) is 0 Å². The smallest absolute Gasteiger partial charge is 0.263 e. The molecule has 118 valence electrons. The lowest BCUT2D eigenvalue weighted by Crippen LogP contribution is -2.38. The van der Waals surface area contributed by atoms with E-state index in [1.165, 1.54) is 24.8 Å². The third kappa shape index (κ3) is 2.36. The van der Waals surface area contributed by atoms with E-state index in [0.717, 1.165) is 29.0 Å². The third-order valence-corrected chi connectivity index (χ3v) is 4.73. The molecule has 5 heteroatoms. The van der Waals surface area contributed by atoms with Gasteiger partial charge in [0.05, 0.1) is 0 Å². The zero-order valence-electron chi connectivity index (χ0n) is 13.5. The molecule has 1 fully saturated rings. The van der Waals surface area contributed by atoms with Crippen LogP contribution in [0.25, 0.3) is 22.4 Å². The van der Waals surface area contributed by atoms with Gasteiger partial charge in [0.2, 0.25) is 0 Å². The third-order valence-electron chi connectivity index (χ3n) is 4.73. The molecule has 1 aliphatic rings. The van der Waals surface area contributed by atoms with E-state index in [1.807, 2.05) is 12.1 Å². The molecule has 5 nitrogen and oxygen atoms in total. The molecule has 4 rings (SSSR count). The number of aryl methyl sites for hydroxylation is 1. The van der Waals surface area contributed by atoms with Crippen molar-refractivity contribution in [2.75, 3.05) is 11.4 Å². The van der Waals surface area contributed by atoms with Crippen LogP contribution in [-0.4, -0.2) is 27.7 Å². The molecule has 0 bridgehead atoms. The molecule has 1 aliphatic heterocycles. The minimum absolute atomic E-state index is 0.474. The Hall–Kier alpha value is -2.43. The molecule has 0 spiro atoms.